The van der Waals surface area contributed by atoms with Gasteiger partial charge in [-0.25, -0.2) is 23.4 Å². The SMILES string of the molecule is CC(C(=O)Nc1ccc2c(c1)S(=O)(=O)CC2)n1cnc2c(N)ncnc21. The molecule has 9 nitrogen and oxygen atoms in total. The number of carbonyl (C=O) groups excluding carboxylic acids is 1. The van der Waals surface area contributed by atoms with Crippen LogP contribution in [0.2, 0.25) is 0 Å². The zero-order valence-corrected chi connectivity index (χ0v) is 14.7. The van der Waals surface area contributed by atoms with Gasteiger partial charge in [-0.2, -0.15) is 0 Å². The molecule has 134 valence electrons. The number of nitrogen functional groups attached to an aromatic ring is 1. The molecule has 0 saturated heterocycles. The van der Waals surface area contributed by atoms with Crippen molar-refractivity contribution in [2.24, 2.45) is 0 Å². The lowest BCUT2D eigenvalue weighted by Gasteiger charge is -2.14. The van der Waals surface area contributed by atoms with E-state index in [1.165, 1.54) is 18.7 Å². The van der Waals surface area contributed by atoms with Crippen molar-refractivity contribution < 1.29 is 13.2 Å². The maximum Gasteiger partial charge on any atom is 0.247 e. The number of sulfone groups is 1. The molecule has 10 heteroatoms. The summed E-state index contributed by atoms with van der Waals surface area (Å²) in [6.07, 6.45) is 3.30. The third-order valence-corrected chi connectivity index (χ3v) is 6.29. The van der Waals surface area contributed by atoms with Crippen LogP contribution in [0.5, 0.6) is 0 Å². The largest absolute Gasteiger partial charge is 0.382 e. The minimum absolute atomic E-state index is 0.109. The van der Waals surface area contributed by atoms with Crippen LogP contribution in [0.25, 0.3) is 11.2 Å². The Morgan fingerprint density at radius 3 is 2.92 bits per heavy atom. The number of anilines is 2. The van der Waals surface area contributed by atoms with E-state index in [9.17, 15) is 13.2 Å². The summed E-state index contributed by atoms with van der Waals surface area (Å²) in [5, 5.41) is 2.75. The van der Waals surface area contributed by atoms with Crippen LogP contribution in [0.1, 0.15) is 18.5 Å². The van der Waals surface area contributed by atoms with Gasteiger partial charge in [0.15, 0.2) is 21.3 Å². The Labute approximate surface area is 149 Å². The lowest BCUT2D eigenvalue weighted by molar-refractivity contribution is -0.118. The molecule has 3 N–H and O–H groups in total. The molecule has 2 aromatic heterocycles. The summed E-state index contributed by atoms with van der Waals surface area (Å²) in [4.78, 5) is 25.1. The monoisotopic (exact) mass is 372 g/mol. The quantitative estimate of drug-likeness (QED) is 0.699. The topological polar surface area (TPSA) is 133 Å². The Bertz CT molecular complexity index is 1140. The molecule has 1 atom stereocenters. The van der Waals surface area contributed by atoms with Crippen LogP contribution in [0, 0.1) is 0 Å². The van der Waals surface area contributed by atoms with E-state index in [0.717, 1.165) is 5.56 Å². The molecule has 0 bridgehead atoms. The number of aromatic nitrogens is 4. The fourth-order valence-corrected chi connectivity index (χ4v) is 4.59. The summed E-state index contributed by atoms with van der Waals surface area (Å²) in [5.41, 5.74) is 7.86. The van der Waals surface area contributed by atoms with Crippen molar-refractivity contribution in [2.75, 3.05) is 16.8 Å². The molecule has 0 aliphatic carbocycles. The van der Waals surface area contributed by atoms with E-state index in [1.807, 2.05) is 0 Å². The summed E-state index contributed by atoms with van der Waals surface area (Å²) in [5.74, 6) is 0.0279. The molecule has 26 heavy (non-hydrogen) atoms. The number of hydrogen-bond acceptors (Lipinski definition) is 7. The van der Waals surface area contributed by atoms with E-state index in [2.05, 4.69) is 20.3 Å². The van der Waals surface area contributed by atoms with Crippen molar-refractivity contribution in [1.82, 2.24) is 19.5 Å². The van der Waals surface area contributed by atoms with Gasteiger partial charge in [0.25, 0.3) is 0 Å². The van der Waals surface area contributed by atoms with Crippen molar-refractivity contribution >= 4 is 38.4 Å². The number of nitrogens with one attached hydrogen (secondary N) is 1. The molecule has 0 radical (unpaired) electrons. The summed E-state index contributed by atoms with van der Waals surface area (Å²) in [6, 6.07) is 4.32. The molecule has 1 amide bonds. The Morgan fingerprint density at radius 1 is 1.31 bits per heavy atom. The predicted molar refractivity (Wildman–Crippen MR) is 95.3 cm³/mol. The van der Waals surface area contributed by atoms with Crippen LogP contribution in [-0.2, 0) is 21.1 Å². The van der Waals surface area contributed by atoms with Gasteiger partial charge < -0.3 is 15.6 Å². The first kappa shape index (κ1) is 16.5. The second-order valence-electron chi connectivity index (χ2n) is 6.14. The minimum Gasteiger partial charge on any atom is -0.382 e. The van der Waals surface area contributed by atoms with Crippen LogP contribution in [0.3, 0.4) is 0 Å². The summed E-state index contributed by atoms with van der Waals surface area (Å²) in [6.45, 7) is 1.69. The molecule has 0 fully saturated rings. The fraction of sp³-hybridized carbons (Fsp3) is 0.250. The van der Waals surface area contributed by atoms with Crippen LogP contribution in [-0.4, -0.2) is 39.6 Å². The number of aryl methyl sites for hydroxylation is 1. The Hall–Kier alpha value is -3.01. The lowest BCUT2D eigenvalue weighted by Crippen LogP contribution is -2.23. The number of amides is 1. The molecule has 4 rings (SSSR count). The number of imidazole rings is 1. The third kappa shape index (κ3) is 2.58. The first-order valence-corrected chi connectivity index (χ1v) is 9.61. The van der Waals surface area contributed by atoms with E-state index in [-0.39, 0.29) is 22.4 Å². The van der Waals surface area contributed by atoms with Gasteiger partial charge in [-0.3, -0.25) is 4.79 Å². The molecular weight excluding hydrogens is 356 g/mol. The van der Waals surface area contributed by atoms with E-state index >= 15 is 0 Å². The van der Waals surface area contributed by atoms with Gasteiger partial charge in [-0.05, 0) is 31.0 Å². The van der Waals surface area contributed by atoms with Gasteiger partial charge in [0.2, 0.25) is 5.91 Å². The number of nitrogens with zero attached hydrogens (tertiary/aromatic N) is 4. The Balaban J connectivity index is 1.61. The molecule has 0 saturated carbocycles. The first-order valence-electron chi connectivity index (χ1n) is 7.96. The number of nitrogens with two attached hydrogens (primary N) is 1. The van der Waals surface area contributed by atoms with Crippen LogP contribution in [0.15, 0.2) is 35.7 Å². The van der Waals surface area contributed by atoms with E-state index in [1.54, 1.807) is 23.6 Å². The van der Waals surface area contributed by atoms with E-state index < -0.39 is 15.9 Å². The zero-order chi connectivity index (χ0) is 18.5. The molecule has 3 aromatic rings. The Morgan fingerprint density at radius 2 is 2.12 bits per heavy atom. The Kier molecular flexibility index (Phi) is 3.65. The van der Waals surface area contributed by atoms with E-state index in [4.69, 9.17) is 5.73 Å². The number of carbonyl (C=O) groups is 1. The van der Waals surface area contributed by atoms with Gasteiger partial charge in [0.05, 0.1) is 17.0 Å². The van der Waals surface area contributed by atoms with Gasteiger partial charge in [0, 0.05) is 5.69 Å². The number of rotatable bonds is 3. The molecule has 1 unspecified atom stereocenters. The summed E-state index contributed by atoms with van der Waals surface area (Å²) < 4.78 is 25.7. The van der Waals surface area contributed by atoms with Crippen molar-refractivity contribution in [3.8, 4) is 0 Å². The van der Waals surface area contributed by atoms with Crippen molar-refractivity contribution in [3.05, 3.63) is 36.4 Å². The predicted octanol–water partition coefficient (Wildman–Crippen LogP) is 0.938. The van der Waals surface area contributed by atoms with Crippen molar-refractivity contribution in [3.63, 3.8) is 0 Å². The highest BCUT2D eigenvalue weighted by molar-refractivity contribution is 7.91. The fourth-order valence-electron chi connectivity index (χ4n) is 3.01. The van der Waals surface area contributed by atoms with Crippen molar-refractivity contribution in [1.29, 1.82) is 0 Å². The van der Waals surface area contributed by atoms with Crippen LogP contribution < -0.4 is 11.1 Å². The molecular formula is C16H16N6O3S. The first-order chi connectivity index (χ1) is 12.4. The highest BCUT2D eigenvalue weighted by Gasteiger charge is 2.27. The highest BCUT2D eigenvalue weighted by Crippen LogP contribution is 2.29. The molecule has 1 aliphatic heterocycles. The summed E-state index contributed by atoms with van der Waals surface area (Å²) >= 11 is 0. The zero-order valence-electron chi connectivity index (χ0n) is 13.9. The maximum atomic E-state index is 12.6. The minimum atomic E-state index is -3.26. The standard InChI is InChI=1S/C16H16N6O3S/c1-9(22-8-20-13-14(17)18-7-19-15(13)22)16(23)21-11-3-2-10-4-5-26(24,25)12(10)6-11/h2-3,6-9H,4-5H2,1H3,(H,21,23)(H2,17,18,19). The average molecular weight is 372 g/mol. The smallest absolute Gasteiger partial charge is 0.247 e. The van der Waals surface area contributed by atoms with Gasteiger partial charge in [0.1, 0.15) is 17.9 Å². The van der Waals surface area contributed by atoms with Crippen LogP contribution in [0.4, 0.5) is 11.5 Å². The highest BCUT2D eigenvalue weighted by atomic mass is 32.2. The van der Waals surface area contributed by atoms with Crippen molar-refractivity contribution in [2.45, 2.75) is 24.3 Å². The average Bonchev–Trinajstić information content (AvgIpc) is 3.17. The molecule has 1 aromatic carbocycles. The van der Waals surface area contributed by atoms with Gasteiger partial charge in [-0.15, -0.1) is 0 Å². The van der Waals surface area contributed by atoms with Crippen LogP contribution >= 0.6 is 0 Å². The maximum absolute atomic E-state index is 12.6. The normalized spacial score (nSPS) is 16.3. The third-order valence-electron chi connectivity index (χ3n) is 4.49. The number of fused-ring (bicyclic) bond motifs is 2. The number of benzene rings is 1. The van der Waals surface area contributed by atoms with Gasteiger partial charge in [-0.1, -0.05) is 6.07 Å². The molecule has 3 heterocycles. The summed E-state index contributed by atoms with van der Waals surface area (Å²) in [7, 11) is -3.26. The molecule has 0 spiro atoms. The van der Waals surface area contributed by atoms with Gasteiger partial charge >= 0.3 is 0 Å². The number of hydrogen-bond donors (Lipinski definition) is 2. The lowest BCUT2D eigenvalue weighted by atomic mass is 10.1. The van der Waals surface area contributed by atoms with E-state index in [0.29, 0.717) is 23.3 Å². The second-order valence-corrected chi connectivity index (χ2v) is 8.22. The molecule has 1 aliphatic rings. The second kappa shape index (κ2) is 5.77.